The van der Waals surface area contributed by atoms with Crippen LogP contribution in [0.25, 0.3) is 0 Å². The smallest absolute Gasteiger partial charge is 0.0573 e. The van der Waals surface area contributed by atoms with Crippen molar-refractivity contribution >= 4 is 17.7 Å². The molecule has 0 aliphatic heterocycles. The van der Waals surface area contributed by atoms with Crippen LogP contribution in [0.15, 0.2) is 29.2 Å². The van der Waals surface area contributed by atoms with Gasteiger partial charge in [0.15, 0.2) is 0 Å². The third-order valence-electron chi connectivity index (χ3n) is 1.95. The highest BCUT2D eigenvalue weighted by molar-refractivity contribution is 8.01. The summed E-state index contributed by atoms with van der Waals surface area (Å²) in [7, 11) is 0. The topological polar surface area (TPSA) is 40.1 Å². The normalized spacial score (nSPS) is 11.4. The molecular weight excluding hydrogens is 196 g/mol. The molecule has 0 N–H and O–H groups in total. The van der Waals surface area contributed by atoms with E-state index in [0.717, 1.165) is 10.5 Å². The second-order valence-electron chi connectivity index (χ2n) is 3.67. The molecule has 14 heavy (non-hydrogen) atoms. The van der Waals surface area contributed by atoms with Crippen LogP contribution in [0.3, 0.4) is 0 Å². The molecule has 0 spiro atoms. The van der Waals surface area contributed by atoms with Gasteiger partial charge in [-0.3, -0.25) is 0 Å². The van der Waals surface area contributed by atoms with Gasteiger partial charge in [-0.15, -0.1) is 11.8 Å². The zero-order valence-electron chi connectivity index (χ0n) is 8.53. The average molecular weight is 209 g/mol. The summed E-state index contributed by atoms with van der Waals surface area (Å²) in [6, 6.07) is 7.73. The van der Waals surface area contributed by atoms with Crippen LogP contribution < -0.4 is 5.11 Å². The van der Waals surface area contributed by atoms with Crippen molar-refractivity contribution in [2.24, 2.45) is 0 Å². The Morgan fingerprint density at radius 3 is 2.43 bits per heavy atom. The molecule has 0 amide bonds. The number of aryl methyl sites for hydroxylation is 1. The quantitative estimate of drug-likeness (QED) is 0.710. The number of carbonyl (C=O) groups is 1. The molecule has 0 aliphatic carbocycles. The Kier molecular flexibility index (Phi) is 3.21. The Morgan fingerprint density at radius 1 is 1.36 bits per heavy atom. The lowest BCUT2D eigenvalue weighted by Crippen LogP contribution is -2.40. The van der Waals surface area contributed by atoms with Gasteiger partial charge in [0.1, 0.15) is 0 Å². The number of benzene rings is 1. The lowest BCUT2D eigenvalue weighted by Gasteiger charge is -2.25. The molecule has 0 aromatic heterocycles. The molecule has 2 nitrogen and oxygen atoms in total. The molecule has 3 heteroatoms. The monoisotopic (exact) mass is 209 g/mol. The van der Waals surface area contributed by atoms with Crippen LogP contribution in [0.2, 0.25) is 0 Å². The first-order chi connectivity index (χ1) is 6.43. The lowest BCUT2D eigenvalue weighted by atomic mass is 10.2. The summed E-state index contributed by atoms with van der Waals surface area (Å²) in [6.07, 6.45) is 0. The predicted octanol–water partition coefficient (Wildman–Crippen LogP) is 1.62. The molecule has 1 rings (SSSR count). The van der Waals surface area contributed by atoms with Crippen molar-refractivity contribution in [2.75, 3.05) is 0 Å². The van der Waals surface area contributed by atoms with Crippen molar-refractivity contribution in [3.05, 3.63) is 29.8 Å². The summed E-state index contributed by atoms with van der Waals surface area (Å²) in [6.45, 7) is 5.27. The maximum atomic E-state index is 10.8. The van der Waals surface area contributed by atoms with Crippen LogP contribution in [0.4, 0.5) is 0 Å². The summed E-state index contributed by atoms with van der Waals surface area (Å²) < 4.78 is -0.883. The first-order valence-corrected chi connectivity index (χ1v) is 5.21. The summed E-state index contributed by atoms with van der Waals surface area (Å²) in [4.78, 5) is 11.8. The molecule has 1 aromatic rings. The SMILES string of the molecule is Cc1ccccc1SC(C)(C)C(=O)[O-]. The summed E-state index contributed by atoms with van der Waals surface area (Å²) in [5.41, 5.74) is 1.09. The van der Waals surface area contributed by atoms with Gasteiger partial charge in [0.25, 0.3) is 0 Å². The Labute approximate surface area is 88.3 Å². The maximum absolute atomic E-state index is 10.8. The molecule has 0 fully saturated rings. The minimum atomic E-state index is -1.04. The van der Waals surface area contributed by atoms with E-state index in [0.29, 0.717) is 0 Å². The second kappa shape index (κ2) is 4.05. The number of rotatable bonds is 3. The van der Waals surface area contributed by atoms with E-state index in [2.05, 4.69) is 0 Å². The Hall–Kier alpha value is -0.960. The second-order valence-corrected chi connectivity index (χ2v) is 5.33. The van der Waals surface area contributed by atoms with Gasteiger partial charge >= 0.3 is 0 Å². The average Bonchev–Trinajstić information content (AvgIpc) is 2.08. The molecule has 1 aromatic carbocycles. The van der Waals surface area contributed by atoms with Crippen molar-refractivity contribution in [2.45, 2.75) is 30.4 Å². The summed E-state index contributed by atoms with van der Waals surface area (Å²) in [5.74, 6) is -1.04. The maximum Gasteiger partial charge on any atom is 0.0573 e. The Bertz CT molecular complexity index is 345. The van der Waals surface area contributed by atoms with Crippen LogP contribution >= 0.6 is 11.8 Å². The van der Waals surface area contributed by atoms with Crippen LogP contribution in [0.5, 0.6) is 0 Å². The molecule has 0 aliphatic rings. The number of carboxylic acid groups (broad SMARTS) is 1. The zero-order chi connectivity index (χ0) is 10.8. The number of thioether (sulfide) groups is 1. The van der Waals surface area contributed by atoms with E-state index in [9.17, 15) is 9.90 Å². The first kappa shape index (κ1) is 11.1. The lowest BCUT2D eigenvalue weighted by molar-refractivity contribution is -0.308. The molecule has 0 saturated carbocycles. The summed E-state index contributed by atoms with van der Waals surface area (Å²) in [5, 5.41) is 10.8. The third kappa shape index (κ3) is 2.51. The Morgan fingerprint density at radius 2 is 1.93 bits per heavy atom. The van der Waals surface area contributed by atoms with Gasteiger partial charge in [-0.05, 0) is 32.4 Å². The van der Waals surface area contributed by atoms with E-state index < -0.39 is 10.7 Å². The number of hydrogen-bond acceptors (Lipinski definition) is 3. The zero-order valence-corrected chi connectivity index (χ0v) is 9.35. The van der Waals surface area contributed by atoms with Gasteiger partial charge in [-0.25, -0.2) is 0 Å². The van der Waals surface area contributed by atoms with E-state index >= 15 is 0 Å². The van der Waals surface area contributed by atoms with Gasteiger partial charge in [0.2, 0.25) is 0 Å². The highest BCUT2D eigenvalue weighted by atomic mass is 32.2. The third-order valence-corrected chi connectivity index (χ3v) is 3.31. The van der Waals surface area contributed by atoms with E-state index in [-0.39, 0.29) is 0 Å². The minimum Gasteiger partial charge on any atom is -0.549 e. The van der Waals surface area contributed by atoms with Gasteiger partial charge in [0, 0.05) is 4.90 Å². The highest BCUT2D eigenvalue weighted by Gasteiger charge is 2.21. The number of hydrogen-bond donors (Lipinski definition) is 0. The van der Waals surface area contributed by atoms with Crippen molar-refractivity contribution in [3.8, 4) is 0 Å². The van der Waals surface area contributed by atoms with Crippen molar-refractivity contribution in [1.29, 1.82) is 0 Å². The number of carboxylic acids is 1. The molecule has 0 radical (unpaired) electrons. The standard InChI is InChI=1S/C11H14O2S/c1-8-6-4-5-7-9(8)14-11(2,3)10(12)13/h4-7H,1-3H3,(H,12,13)/p-1. The van der Waals surface area contributed by atoms with Crippen LogP contribution in [0, 0.1) is 6.92 Å². The van der Waals surface area contributed by atoms with E-state index in [4.69, 9.17) is 0 Å². The summed E-state index contributed by atoms with van der Waals surface area (Å²) >= 11 is 1.32. The van der Waals surface area contributed by atoms with Gasteiger partial charge in [-0.2, -0.15) is 0 Å². The van der Waals surface area contributed by atoms with Crippen molar-refractivity contribution in [3.63, 3.8) is 0 Å². The molecule has 76 valence electrons. The predicted molar refractivity (Wildman–Crippen MR) is 56.1 cm³/mol. The van der Waals surface area contributed by atoms with Gasteiger partial charge in [0.05, 0.1) is 10.7 Å². The molecule has 0 atom stereocenters. The van der Waals surface area contributed by atoms with E-state index in [1.807, 2.05) is 31.2 Å². The largest absolute Gasteiger partial charge is 0.549 e. The van der Waals surface area contributed by atoms with Crippen LogP contribution in [-0.2, 0) is 4.79 Å². The molecule has 0 bridgehead atoms. The van der Waals surface area contributed by atoms with Crippen LogP contribution in [0.1, 0.15) is 19.4 Å². The van der Waals surface area contributed by atoms with Gasteiger partial charge < -0.3 is 9.90 Å². The molecule has 0 heterocycles. The van der Waals surface area contributed by atoms with Crippen molar-refractivity contribution in [1.82, 2.24) is 0 Å². The number of aliphatic carboxylic acids is 1. The van der Waals surface area contributed by atoms with Gasteiger partial charge in [-0.1, -0.05) is 18.2 Å². The molecule has 0 unspecified atom stereocenters. The highest BCUT2D eigenvalue weighted by Crippen LogP contribution is 2.33. The Balaban J connectivity index is 2.89. The number of carbonyl (C=O) groups excluding carboxylic acids is 1. The fraction of sp³-hybridized carbons (Fsp3) is 0.364. The van der Waals surface area contributed by atoms with Crippen LogP contribution in [-0.4, -0.2) is 10.7 Å². The van der Waals surface area contributed by atoms with Crippen molar-refractivity contribution < 1.29 is 9.90 Å². The fourth-order valence-electron chi connectivity index (χ4n) is 0.987. The fourth-order valence-corrected chi connectivity index (χ4v) is 2.00. The molecule has 0 saturated heterocycles. The minimum absolute atomic E-state index is 0.883. The van der Waals surface area contributed by atoms with E-state index in [1.54, 1.807) is 13.8 Å². The first-order valence-electron chi connectivity index (χ1n) is 4.39. The van der Waals surface area contributed by atoms with E-state index in [1.165, 1.54) is 11.8 Å². The molecular formula is C11H13O2S-.